The molecule has 1 heterocycles. The predicted octanol–water partition coefficient (Wildman–Crippen LogP) is 2.55. The van der Waals surface area contributed by atoms with Gasteiger partial charge in [0.15, 0.2) is 0 Å². The average molecular weight is 208 g/mol. The molecule has 0 radical (unpaired) electrons. The topological polar surface area (TPSA) is 12.0 Å². The fourth-order valence-corrected chi connectivity index (χ4v) is 2.87. The van der Waals surface area contributed by atoms with Crippen molar-refractivity contribution < 1.29 is 4.39 Å². The molecule has 0 aromatic rings. The molecule has 1 spiro atoms. The lowest BCUT2D eigenvalue weighted by Crippen LogP contribution is -2.35. The largest absolute Gasteiger partial charge is 0.317 e. The van der Waals surface area contributed by atoms with Crippen molar-refractivity contribution in [3.05, 3.63) is 0 Å². The van der Waals surface area contributed by atoms with E-state index in [-0.39, 0.29) is 19.1 Å². The van der Waals surface area contributed by atoms with Crippen LogP contribution in [0.2, 0.25) is 0 Å². The highest BCUT2D eigenvalue weighted by Gasteiger charge is 2.39. The molecule has 1 N–H and O–H groups in total. The molecule has 0 aromatic carbocycles. The fraction of sp³-hybridized carbons (Fsp3) is 1.00. The van der Waals surface area contributed by atoms with E-state index in [1.165, 1.54) is 19.3 Å². The Hall–Kier alpha value is 0.180. The fourth-order valence-electron chi connectivity index (χ4n) is 2.87. The minimum Gasteiger partial charge on any atom is -0.317 e. The van der Waals surface area contributed by atoms with Gasteiger partial charge in [0.05, 0.1) is 6.67 Å². The zero-order valence-electron chi connectivity index (χ0n) is 8.02. The van der Waals surface area contributed by atoms with E-state index in [2.05, 4.69) is 5.32 Å². The van der Waals surface area contributed by atoms with Gasteiger partial charge in [0.1, 0.15) is 0 Å². The quantitative estimate of drug-likeness (QED) is 0.697. The highest BCUT2D eigenvalue weighted by Crippen LogP contribution is 2.47. The van der Waals surface area contributed by atoms with Gasteiger partial charge in [-0.3, -0.25) is 4.39 Å². The molecule has 0 bridgehead atoms. The van der Waals surface area contributed by atoms with Crippen LogP contribution in [0.25, 0.3) is 0 Å². The molecule has 1 atom stereocenters. The van der Waals surface area contributed by atoms with Crippen molar-refractivity contribution in [3.8, 4) is 0 Å². The summed E-state index contributed by atoms with van der Waals surface area (Å²) in [6.45, 7) is 2.22. The zero-order valence-corrected chi connectivity index (χ0v) is 8.84. The lowest BCUT2D eigenvalue weighted by molar-refractivity contribution is 0.196. The molecule has 2 aliphatic rings. The summed E-state index contributed by atoms with van der Waals surface area (Å²) >= 11 is 0. The van der Waals surface area contributed by atoms with Crippen molar-refractivity contribution in [1.82, 2.24) is 5.32 Å². The van der Waals surface area contributed by atoms with Crippen molar-refractivity contribution in [2.45, 2.75) is 32.1 Å². The second kappa shape index (κ2) is 4.61. The van der Waals surface area contributed by atoms with Gasteiger partial charge in [-0.2, -0.15) is 0 Å². The van der Waals surface area contributed by atoms with Gasteiger partial charge in [-0.25, -0.2) is 0 Å². The molecule has 1 saturated heterocycles. The van der Waals surface area contributed by atoms with Crippen molar-refractivity contribution in [2.24, 2.45) is 11.3 Å². The smallest absolute Gasteiger partial charge is 0.0922 e. The third-order valence-electron chi connectivity index (χ3n) is 3.69. The summed E-state index contributed by atoms with van der Waals surface area (Å²) in [4.78, 5) is 0. The maximum absolute atomic E-state index is 12.4. The lowest BCUT2D eigenvalue weighted by atomic mass is 9.77. The molecule has 2 fully saturated rings. The van der Waals surface area contributed by atoms with E-state index >= 15 is 0 Å². The molecular weight excluding hydrogens is 189 g/mol. The van der Waals surface area contributed by atoms with Crippen LogP contribution in [-0.4, -0.2) is 19.8 Å². The Morgan fingerprint density at radius 3 is 2.46 bits per heavy atom. The SMILES string of the molecule is Cl.FCC1CCC2(CCNCC2)C1. The summed E-state index contributed by atoms with van der Waals surface area (Å²) in [5, 5.41) is 3.38. The summed E-state index contributed by atoms with van der Waals surface area (Å²) in [5.74, 6) is 0.392. The number of nitrogens with one attached hydrogen (secondary N) is 1. The van der Waals surface area contributed by atoms with E-state index in [9.17, 15) is 4.39 Å². The highest BCUT2D eigenvalue weighted by molar-refractivity contribution is 5.85. The average Bonchev–Trinajstić information content (AvgIpc) is 2.50. The van der Waals surface area contributed by atoms with Gasteiger partial charge in [0.2, 0.25) is 0 Å². The summed E-state index contributed by atoms with van der Waals surface area (Å²) < 4.78 is 12.4. The molecule has 78 valence electrons. The van der Waals surface area contributed by atoms with Crippen LogP contribution in [0.4, 0.5) is 4.39 Å². The van der Waals surface area contributed by atoms with Crippen molar-refractivity contribution >= 4 is 12.4 Å². The lowest BCUT2D eigenvalue weighted by Gasteiger charge is -2.33. The van der Waals surface area contributed by atoms with E-state index < -0.39 is 0 Å². The van der Waals surface area contributed by atoms with Crippen LogP contribution in [-0.2, 0) is 0 Å². The van der Waals surface area contributed by atoms with Gasteiger partial charge in [0, 0.05) is 0 Å². The molecule has 1 aliphatic carbocycles. The maximum atomic E-state index is 12.4. The minimum atomic E-state index is -0.0881. The predicted molar refractivity (Wildman–Crippen MR) is 55.1 cm³/mol. The van der Waals surface area contributed by atoms with Gasteiger partial charge in [-0.15, -0.1) is 12.4 Å². The number of piperidine rings is 1. The number of alkyl halides is 1. The third-order valence-corrected chi connectivity index (χ3v) is 3.69. The number of hydrogen-bond donors (Lipinski definition) is 1. The Bertz CT molecular complexity index is 157. The molecule has 13 heavy (non-hydrogen) atoms. The van der Waals surface area contributed by atoms with Crippen LogP contribution >= 0.6 is 12.4 Å². The minimum absolute atomic E-state index is 0. The molecule has 0 amide bonds. The first-order valence-corrected chi connectivity index (χ1v) is 5.11. The summed E-state index contributed by atoms with van der Waals surface area (Å²) in [6.07, 6.45) is 6.14. The first-order chi connectivity index (χ1) is 5.85. The van der Waals surface area contributed by atoms with Crippen LogP contribution in [0.15, 0.2) is 0 Å². The van der Waals surface area contributed by atoms with E-state index in [0.29, 0.717) is 11.3 Å². The first kappa shape index (κ1) is 11.3. The van der Waals surface area contributed by atoms with Gasteiger partial charge < -0.3 is 5.32 Å². The van der Waals surface area contributed by atoms with Crippen LogP contribution in [0.3, 0.4) is 0 Å². The standard InChI is InChI=1S/C10H18FN.ClH/c11-8-9-1-2-10(7-9)3-5-12-6-4-10;/h9,12H,1-8H2;1H. The molecule has 2 rings (SSSR count). The molecular formula is C10H19ClFN. The Kier molecular flexibility index (Phi) is 3.99. The van der Waals surface area contributed by atoms with Crippen molar-refractivity contribution in [3.63, 3.8) is 0 Å². The summed E-state index contributed by atoms with van der Waals surface area (Å²) in [6, 6.07) is 0. The van der Waals surface area contributed by atoms with Gasteiger partial charge >= 0.3 is 0 Å². The molecule has 0 aromatic heterocycles. The second-order valence-electron chi connectivity index (χ2n) is 4.51. The Morgan fingerprint density at radius 2 is 1.92 bits per heavy atom. The monoisotopic (exact) mass is 207 g/mol. The number of hydrogen-bond acceptors (Lipinski definition) is 1. The van der Waals surface area contributed by atoms with E-state index in [1.54, 1.807) is 0 Å². The summed E-state index contributed by atoms with van der Waals surface area (Å²) in [7, 11) is 0. The number of rotatable bonds is 1. The molecule has 1 saturated carbocycles. The second-order valence-corrected chi connectivity index (χ2v) is 4.51. The van der Waals surface area contributed by atoms with Crippen molar-refractivity contribution in [1.29, 1.82) is 0 Å². The molecule has 1 nitrogen and oxygen atoms in total. The Balaban J connectivity index is 0.000000845. The Morgan fingerprint density at radius 1 is 1.23 bits per heavy atom. The van der Waals surface area contributed by atoms with Crippen molar-refractivity contribution in [2.75, 3.05) is 19.8 Å². The Labute approximate surface area is 85.9 Å². The van der Waals surface area contributed by atoms with Gasteiger partial charge in [0.25, 0.3) is 0 Å². The molecule has 3 heteroatoms. The van der Waals surface area contributed by atoms with Crippen LogP contribution in [0.5, 0.6) is 0 Å². The van der Waals surface area contributed by atoms with Crippen LogP contribution in [0.1, 0.15) is 32.1 Å². The third kappa shape index (κ3) is 2.35. The molecule has 1 unspecified atom stereocenters. The number of halogens is 2. The van der Waals surface area contributed by atoms with E-state index in [1.807, 2.05) is 0 Å². The summed E-state index contributed by atoms with van der Waals surface area (Å²) in [5.41, 5.74) is 0.544. The zero-order chi connectivity index (χ0) is 8.44. The maximum Gasteiger partial charge on any atom is 0.0922 e. The highest BCUT2D eigenvalue weighted by atomic mass is 35.5. The van der Waals surface area contributed by atoms with Crippen LogP contribution in [0, 0.1) is 11.3 Å². The van der Waals surface area contributed by atoms with E-state index in [4.69, 9.17) is 0 Å². The van der Waals surface area contributed by atoms with E-state index in [0.717, 1.165) is 25.9 Å². The van der Waals surface area contributed by atoms with Gasteiger partial charge in [-0.05, 0) is 56.5 Å². The molecule has 1 aliphatic heterocycles. The van der Waals surface area contributed by atoms with Crippen LogP contribution < -0.4 is 5.32 Å². The first-order valence-electron chi connectivity index (χ1n) is 5.11. The van der Waals surface area contributed by atoms with Gasteiger partial charge in [-0.1, -0.05) is 0 Å². The normalized spacial score (nSPS) is 31.6.